The summed E-state index contributed by atoms with van der Waals surface area (Å²) in [6, 6.07) is 8.74. The molecule has 5 nitrogen and oxygen atoms in total. The Morgan fingerprint density at radius 2 is 2.08 bits per heavy atom. The van der Waals surface area contributed by atoms with Gasteiger partial charge in [-0.3, -0.25) is 10.1 Å². The highest BCUT2D eigenvalue weighted by atomic mass is 79.9. The molecule has 1 aliphatic carbocycles. The molecule has 0 amide bonds. The number of phenolic OH excluding ortho intramolecular Hbond substituents is 1. The average molecular weight is 401 g/mol. The third-order valence-corrected chi connectivity index (χ3v) is 5.78. The Morgan fingerprint density at radius 3 is 2.84 bits per heavy atom. The molecule has 3 unspecified atom stereocenters. The summed E-state index contributed by atoms with van der Waals surface area (Å²) in [7, 11) is 0. The Hall–Kier alpha value is -2.34. The van der Waals surface area contributed by atoms with Gasteiger partial charge in [-0.1, -0.05) is 28.1 Å². The van der Waals surface area contributed by atoms with Crippen LogP contribution in [0.25, 0.3) is 0 Å². The third-order valence-electron chi connectivity index (χ3n) is 5.29. The first-order valence-corrected chi connectivity index (χ1v) is 8.96. The van der Waals surface area contributed by atoms with E-state index in [0.29, 0.717) is 5.56 Å². The summed E-state index contributed by atoms with van der Waals surface area (Å²) in [6.07, 6.45) is 5.24. The molecular formula is C19H17BrN2O3. The van der Waals surface area contributed by atoms with Crippen molar-refractivity contribution in [1.82, 2.24) is 0 Å². The van der Waals surface area contributed by atoms with Gasteiger partial charge in [0.25, 0.3) is 5.69 Å². The van der Waals surface area contributed by atoms with E-state index in [1.54, 1.807) is 25.1 Å². The lowest BCUT2D eigenvalue weighted by molar-refractivity contribution is -0.385. The number of fused-ring (bicyclic) bond motifs is 3. The van der Waals surface area contributed by atoms with Gasteiger partial charge in [0, 0.05) is 27.7 Å². The monoisotopic (exact) mass is 400 g/mol. The van der Waals surface area contributed by atoms with E-state index < -0.39 is 0 Å². The minimum absolute atomic E-state index is 0.106. The van der Waals surface area contributed by atoms with Gasteiger partial charge in [0.15, 0.2) is 0 Å². The Bertz CT molecular complexity index is 910. The molecular weight excluding hydrogens is 384 g/mol. The zero-order chi connectivity index (χ0) is 17.7. The number of hydrogen-bond acceptors (Lipinski definition) is 4. The fourth-order valence-corrected chi connectivity index (χ4v) is 4.46. The van der Waals surface area contributed by atoms with E-state index in [-0.39, 0.29) is 34.2 Å². The molecule has 3 atom stereocenters. The molecule has 2 N–H and O–H groups in total. The van der Waals surface area contributed by atoms with Crippen molar-refractivity contribution in [3.05, 3.63) is 73.8 Å². The highest BCUT2D eigenvalue weighted by molar-refractivity contribution is 9.10. The van der Waals surface area contributed by atoms with Gasteiger partial charge in [0.05, 0.1) is 16.5 Å². The first-order chi connectivity index (χ1) is 12.0. The number of hydrogen-bond donors (Lipinski definition) is 2. The van der Waals surface area contributed by atoms with Crippen LogP contribution in [0.2, 0.25) is 0 Å². The molecule has 25 heavy (non-hydrogen) atoms. The van der Waals surface area contributed by atoms with Crippen LogP contribution in [0, 0.1) is 23.0 Å². The number of benzene rings is 2. The van der Waals surface area contributed by atoms with Crippen molar-refractivity contribution < 1.29 is 10.0 Å². The van der Waals surface area contributed by atoms with E-state index in [9.17, 15) is 15.2 Å². The Kier molecular flexibility index (Phi) is 3.80. The second-order valence-electron chi connectivity index (χ2n) is 6.61. The van der Waals surface area contributed by atoms with Crippen LogP contribution in [-0.2, 0) is 0 Å². The van der Waals surface area contributed by atoms with Gasteiger partial charge in [0.1, 0.15) is 5.75 Å². The van der Waals surface area contributed by atoms with Crippen molar-refractivity contribution in [2.75, 3.05) is 5.32 Å². The van der Waals surface area contributed by atoms with Gasteiger partial charge in [-0.05, 0) is 49.1 Å². The number of nitro groups is 1. The van der Waals surface area contributed by atoms with Gasteiger partial charge in [-0.25, -0.2) is 0 Å². The van der Waals surface area contributed by atoms with Crippen LogP contribution in [0.3, 0.4) is 0 Å². The topological polar surface area (TPSA) is 75.4 Å². The Morgan fingerprint density at radius 1 is 1.28 bits per heavy atom. The lowest BCUT2D eigenvalue weighted by Gasteiger charge is -2.38. The van der Waals surface area contributed by atoms with Crippen LogP contribution in [0.4, 0.5) is 11.4 Å². The minimum Gasteiger partial charge on any atom is -0.508 e. The fraction of sp³-hybridized carbons (Fsp3) is 0.263. The summed E-state index contributed by atoms with van der Waals surface area (Å²) in [4.78, 5) is 11.0. The second-order valence-corrected chi connectivity index (χ2v) is 7.53. The number of aromatic hydroxyl groups is 1. The summed E-state index contributed by atoms with van der Waals surface area (Å²) in [5.74, 6) is 0.700. The van der Waals surface area contributed by atoms with Crippen LogP contribution in [0.1, 0.15) is 35.1 Å². The molecule has 0 saturated heterocycles. The lowest BCUT2D eigenvalue weighted by atomic mass is 9.76. The molecule has 0 spiro atoms. The molecule has 128 valence electrons. The first kappa shape index (κ1) is 16.1. The molecule has 0 radical (unpaired) electrons. The summed E-state index contributed by atoms with van der Waals surface area (Å²) >= 11 is 3.47. The molecule has 0 aromatic heterocycles. The number of nitro benzene ring substituents is 1. The van der Waals surface area contributed by atoms with Gasteiger partial charge in [-0.2, -0.15) is 0 Å². The number of nitrogens with zero attached hydrogens (tertiary/aromatic N) is 1. The van der Waals surface area contributed by atoms with Crippen LogP contribution < -0.4 is 5.32 Å². The van der Waals surface area contributed by atoms with Gasteiger partial charge >= 0.3 is 0 Å². The van der Waals surface area contributed by atoms with Crippen molar-refractivity contribution in [3.8, 4) is 5.75 Å². The van der Waals surface area contributed by atoms with Gasteiger partial charge < -0.3 is 10.4 Å². The summed E-state index contributed by atoms with van der Waals surface area (Å²) in [5.41, 5.74) is 3.47. The lowest BCUT2D eigenvalue weighted by Crippen LogP contribution is -2.29. The zero-order valence-corrected chi connectivity index (χ0v) is 15.2. The number of allylic oxidation sites excluding steroid dienone is 2. The Balaban J connectivity index is 1.87. The molecule has 1 heterocycles. The maximum atomic E-state index is 11.3. The SMILES string of the molecule is Cc1c([N+](=O)[O-])ccc2c1NC(c1cc(Br)ccc1O)C1CC=CC21. The molecule has 6 heteroatoms. The summed E-state index contributed by atoms with van der Waals surface area (Å²) in [6.45, 7) is 1.78. The molecule has 2 aromatic carbocycles. The second kappa shape index (κ2) is 5.88. The molecule has 4 rings (SSSR count). The van der Waals surface area contributed by atoms with Crippen molar-refractivity contribution in [2.45, 2.75) is 25.3 Å². The highest BCUT2D eigenvalue weighted by Gasteiger charge is 2.40. The van der Waals surface area contributed by atoms with Gasteiger partial charge in [0.2, 0.25) is 0 Å². The summed E-state index contributed by atoms with van der Waals surface area (Å²) in [5, 5.41) is 25.2. The number of rotatable bonds is 2. The fourth-order valence-electron chi connectivity index (χ4n) is 4.08. The Labute approximate surface area is 153 Å². The predicted molar refractivity (Wildman–Crippen MR) is 100.0 cm³/mol. The number of phenols is 1. The third kappa shape index (κ3) is 2.52. The van der Waals surface area contributed by atoms with E-state index in [0.717, 1.165) is 27.7 Å². The number of halogens is 1. The van der Waals surface area contributed by atoms with Crippen molar-refractivity contribution in [2.24, 2.45) is 5.92 Å². The molecule has 2 aliphatic rings. The summed E-state index contributed by atoms with van der Waals surface area (Å²) < 4.78 is 0.895. The van der Waals surface area contributed by atoms with Crippen LogP contribution >= 0.6 is 15.9 Å². The largest absolute Gasteiger partial charge is 0.508 e. The van der Waals surface area contributed by atoms with E-state index >= 15 is 0 Å². The normalized spacial score (nSPS) is 23.7. The number of anilines is 1. The molecule has 0 saturated carbocycles. The first-order valence-electron chi connectivity index (χ1n) is 8.17. The van der Waals surface area contributed by atoms with Crippen LogP contribution in [0.5, 0.6) is 5.75 Å². The quantitative estimate of drug-likeness (QED) is 0.412. The van der Waals surface area contributed by atoms with E-state index in [1.807, 2.05) is 12.1 Å². The smallest absolute Gasteiger partial charge is 0.274 e. The van der Waals surface area contributed by atoms with Crippen molar-refractivity contribution in [1.29, 1.82) is 0 Å². The van der Waals surface area contributed by atoms with Crippen molar-refractivity contribution >= 4 is 27.3 Å². The standard InChI is InChI=1S/C19H17BrN2O3/c1-10-16(22(24)25)7-6-14-12-3-2-4-13(12)19(21-18(10)14)15-9-11(20)5-8-17(15)23/h2-3,5-9,12-13,19,21,23H,4H2,1H3. The average Bonchev–Trinajstić information content (AvgIpc) is 3.06. The molecule has 0 fully saturated rings. The van der Waals surface area contributed by atoms with Gasteiger partial charge in [-0.15, -0.1) is 0 Å². The number of nitrogens with one attached hydrogen (secondary N) is 1. The maximum Gasteiger partial charge on any atom is 0.274 e. The van der Waals surface area contributed by atoms with Crippen LogP contribution in [-0.4, -0.2) is 10.0 Å². The molecule has 0 bridgehead atoms. The predicted octanol–water partition coefficient (Wildman–Crippen LogP) is 5.20. The molecule has 2 aromatic rings. The minimum atomic E-state index is -0.348. The zero-order valence-electron chi connectivity index (χ0n) is 13.6. The van der Waals surface area contributed by atoms with E-state index in [1.165, 1.54) is 0 Å². The molecule has 1 aliphatic heterocycles. The van der Waals surface area contributed by atoms with E-state index in [4.69, 9.17) is 0 Å². The maximum absolute atomic E-state index is 11.3. The van der Waals surface area contributed by atoms with Crippen LogP contribution in [0.15, 0.2) is 47.0 Å². The van der Waals surface area contributed by atoms with Crippen molar-refractivity contribution in [3.63, 3.8) is 0 Å². The van der Waals surface area contributed by atoms with E-state index in [2.05, 4.69) is 33.4 Å². The highest BCUT2D eigenvalue weighted by Crippen LogP contribution is 2.52.